The molecule has 0 radical (unpaired) electrons. The number of amidine groups is 1. The molecule has 3 aromatic rings. The lowest BCUT2D eigenvalue weighted by molar-refractivity contribution is -0.113. The second-order valence-electron chi connectivity index (χ2n) is 9.02. The predicted octanol–water partition coefficient (Wildman–Crippen LogP) is 5.58. The summed E-state index contributed by atoms with van der Waals surface area (Å²) >= 11 is 1.53. The number of piperidine rings is 1. The van der Waals surface area contributed by atoms with E-state index in [-0.39, 0.29) is 11.5 Å². The SMILES string of the molecule is O=C1N=C(N2CCC3(CC2)OCc2ccccc23)SC1=C1c2ccccc2-c2ccccc21. The van der Waals surface area contributed by atoms with E-state index in [0.717, 1.165) is 52.7 Å². The lowest BCUT2D eigenvalue weighted by atomic mass is 9.84. The van der Waals surface area contributed by atoms with Gasteiger partial charge in [0.15, 0.2) is 5.17 Å². The number of benzene rings is 3. The van der Waals surface area contributed by atoms with Crippen molar-refractivity contribution in [2.24, 2.45) is 4.99 Å². The number of amides is 1. The van der Waals surface area contributed by atoms with Gasteiger partial charge < -0.3 is 9.64 Å². The summed E-state index contributed by atoms with van der Waals surface area (Å²) in [5.41, 5.74) is 8.10. The summed E-state index contributed by atoms with van der Waals surface area (Å²) in [6.45, 7) is 2.37. The van der Waals surface area contributed by atoms with Crippen LogP contribution in [0.1, 0.15) is 35.1 Å². The van der Waals surface area contributed by atoms with Gasteiger partial charge in [-0.25, -0.2) is 0 Å². The largest absolute Gasteiger partial charge is 0.365 e. The molecule has 0 saturated carbocycles. The third-order valence-electron chi connectivity index (χ3n) is 7.35. The van der Waals surface area contributed by atoms with Crippen LogP contribution in [0.25, 0.3) is 16.7 Å². The van der Waals surface area contributed by atoms with Crippen molar-refractivity contribution in [2.45, 2.75) is 25.0 Å². The molecule has 7 rings (SSSR count). The predicted molar refractivity (Wildman–Crippen MR) is 132 cm³/mol. The molecule has 4 nitrogen and oxygen atoms in total. The number of carbonyl (C=O) groups excluding carboxylic acids is 1. The second kappa shape index (κ2) is 7.17. The Morgan fingerprint density at radius 1 is 0.818 bits per heavy atom. The number of hydrogen-bond donors (Lipinski definition) is 0. The van der Waals surface area contributed by atoms with Crippen LogP contribution in [0, 0.1) is 0 Å². The molecule has 0 bridgehead atoms. The highest BCUT2D eigenvalue weighted by Gasteiger charge is 2.44. The molecule has 1 fully saturated rings. The fourth-order valence-electron chi connectivity index (χ4n) is 5.71. The molecule has 3 heterocycles. The molecule has 0 atom stereocenters. The molecule has 3 aliphatic heterocycles. The minimum Gasteiger partial charge on any atom is -0.365 e. The maximum absolute atomic E-state index is 13.1. The van der Waals surface area contributed by atoms with Crippen molar-refractivity contribution in [3.05, 3.63) is 100.0 Å². The minimum absolute atomic E-state index is 0.126. The van der Waals surface area contributed by atoms with Gasteiger partial charge in [0.05, 0.1) is 17.1 Å². The van der Waals surface area contributed by atoms with Gasteiger partial charge in [0, 0.05) is 18.7 Å². The molecule has 162 valence electrons. The monoisotopic (exact) mass is 450 g/mol. The lowest BCUT2D eigenvalue weighted by Gasteiger charge is -2.39. The van der Waals surface area contributed by atoms with Crippen LogP contribution in [0.15, 0.2) is 82.7 Å². The summed E-state index contributed by atoms with van der Waals surface area (Å²) in [7, 11) is 0. The van der Waals surface area contributed by atoms with Crippen molar-refractivity contribution in [3.63, 3.8) is 0 Å². The zero-order chi connectivity index (χ0) is 22.0. The third-order valence-corrected chi connectivity index (χ3v) is 8.46. The maximum Gasteiger partial charge on any atom is 0.286 e. The van der Waals surface area contributed by atoms with Crippen LogP contribution in [0.3, 0.4) is 0 Å². The van der Waals surface area contributed by atoms with Gasteiger partial charge in [-0.3, -0.25) is 4.79 Å². The molecular formula is C28H22N2O2S. The zero-order valence-corrected chi connectivity index (χ0v) is 18.9. The van der Waals surface area contributed by atoms with Gasteiger partial charge in [0.2, 0.25) is 0 Å². The van der Waals surface area contributed by atoms with Gasteiger partial charge in [-0.1, -0.05) is 72.8 Å². The molecule has 4 aliphatic rings. The Hall–Kier alpha value is -3.15. The molecule has 1 spiro atoms. The average Bonchev–Trinajstić information content (AvgIpc) is 3.52. The number of thioether (sulfide) groups is 1. The standard InChI is InChI=1S/C28H22N2O2S/c31-26-25(24-21-10-4-2-8-19(21)20-9-3-5-11-22(20)24)33-27(29-26)30-15-13-28(14-16-30)23-12-6-1-7-18(23)17-32-28/h1-12H,13-17H2. The van der Waals surface area contributed by atoms with Crippen molar-refractivity contribution in [3.8, 4) is 11.1 Å². The Morgan fingerprint density at radius 3 is 2.12 bits per heavy atom. The summed E-state index contributed by atoms with van der Waals surface area (Å²) in [5.74, 6) is -0.126. The van der Waals surface area contributed by atoms with Crippen LogP contribution >= 0.6 is 11.8 Å². The molecule has 0 aromatic heterocycles. The lowest BCUT2D eigenvalue weighted by Crippen LogP contribution is -2.44. The molecule has 5 heteroatoms. The zero-order valence-electron chi connectivity index (χ0n) is 18.1. The molecule has 1 saturated heterocycles. The third kappa shape index (κ3) is 2.82. The van der Waals surface area contributed by atoms with Gasteiger partial charge in [-0.15, -0.1) is 0 Å². The van der Waals surface area contributed by atoms with Crippen molar-refractivity contribution in [2.75, 3.05) is 13.1 Å². The second-order valence-corrected chi connectivity index (χ2v) is 10.0. The van der Waals surface area contributed by atoms with Crippen LogP contribution in [0.2, 0.25) is 0 Å². The van der Waals surface area contributed by atoms with E-state index in [4.69, 9.17) is 4.74 Å². The Balaban J connectivity index is 1.18. The Morgan fingerprint density at radius 2 is 1.42 bits per heavy atom. The summed E-state index contributed by atoms with van der Waals surface area (Å²) in [6.07, 6.45) is 1.82. The number of aliphatic imine (C=N–C) groups is 1. The quantitative estimate of drug-likeness (QED) is 0.328. The summed E-state index contributed by atoms with van der Waals surface area (Å²) < 4.78 is 6.31. The molecule has 33 heavy (non-hydrogen) atoms. The van der Waals surface area contributed by atoms with E-state index in [9.17, 15) is 4.79 Å². The van der Waals surface area contributed by atoms with E-state index < -0.39 is 0 Å². The molecule has 1 aliphatic carbocycles. The maximum atomic E-state index is 13.1. The van der Waals surface area contributed by atoms with E-state index in [1.807, 2.05) is 12.1 Å². The summed E-state index contributed by atoms with van der Waals surface area (Å²) in [6, 6.07) is 25.3. The molecule has 1 amide bonds. The fourth-order valence-corrected chi connectivity index (χ4v) is 6.79. The number of rotatable bonds is 0. The minimum atomic E-state index is -0.189. The summed E-state index contributed by atoms with van der Waals surface area (Å²) in [5, 5.41) is 0.825. The first kappa shape index (κ1) is 19.3. The smallest absolute Gasteiger partial charge is 0.286 e. The van der Waals surface area contributed by atoms with E-state index in [2.05, 4.69) is 70.6 Å². The van der Waals surface area contributed by atoms with E-state index >= 15 is 0 Å². The summed E-state index contributed by atoms with van der Waals surface area (Å²) in [4.78, 5) is 20.6. The van der Waals surface area contributed by atoms with Crippen molar-refractivity contribution in [1.82, 2.24) is 4.90 Å². The fraction of sp³-hybridized carbons (Fsp3) is 0.214. The van der Waals surface area contributed by atoms with Gasteiger partial charge in [0.1, 0.15) is 0 Å². The number of ether oxygens (including phenoxy) is 1. The van der Waals surface area contributed by atoms with Crippen LogP contribution in [-0.4, -0.2) is 29.1 Å². The number of nitrogens with zero attached hydrogens (tertiary/aromatic N) is 2. The van der Waals surface area contributed by atoms with Crippen LogP contribution < -0.4 is 0 Å². The number of hydrogen-bond acceptors (Lipinski definition) is 4. The van der Waals surface area contributed by atoms with Crippen LogP contribution in [0.5, 0.6) is 0 Å². The van der Waals surface area contributed by atoms with Crippen molar-refractivity contribution >= 4 is 28.4 Å². The van der Waals surface area contributed by atoms with E-state index in [0.29, 0.717) is 6.61 Å². The molecule has 0 N–H and O–H groups in total. The topological polar surface area (TPSA) is 41.9 Å². The van der Waals surface area contributed by atoms with Gasteiger partial charge >= 0.3 is 0 Å². The Labute approximate surface area is 197 Å². The van der Waals surface area contributed by atoms with E-state index in [1.54, 1.807) is 0 Å². The average molecular weight is 451 g/mol. The van der Waals surface area contributed by atoms with Crippen LogP contribution in [0.4, 0.5) is 0 Å². The van der Waals surface area contributed by atoms with Gasteiger partial charge in [-0.05, 0) is 58.0 Å². The number of carbonyl (C=O) groups is 1. The number of fused-ring (bicyclic) bond motifs is 5. The van der Waals surface area contributed by atoms with Gasteiger partial charge in [0.25, 0.3) is 5.91 Å². The Kier molecular flexibility index (Phi) is 4.20. The van der Waals surface area contributed by atoms with Crippen molar-refractivity contribution < 1.29 is 9.53 Å². The normalized spacial score (nSPS) is 20.2. The van der Waals surface area contributed by atoms with Crippen molar-refractivity contribution in [1.29, 1.82) is 0 Å². The Bertz CT molecular complexity index is 1330. The first-order valence-electron chi connectivity index (χ1n) is 11.5. The molecule has 0 unspecified atom stereocenters. The first-order chi connectivity index (χ1) is 16.2. The first-order valence-corrected chi connectivity index (χ1v) is 12.3. The van der Waals surface area contributed by atoms with Crippen LogP contribution in [-0.2, 0) is 21.7 Å². The highest BCUT2D eigenvalue weighted by molar-refractivity contribution is 8.18. The molecule has 3 aromatic carbocycles. The van der Waals surface area contributed by atoms with Gasteiger partial charge in [-0.2, -0.15) is 4.99 Å². The van der Waals surface area contributed by atoms with E-state index in [1.165, 1.54) is 34.0 Å². The highest BCUT2D eigenvalue weighted by atomic mass is 32.2. The highest BCUT2D eigenvalue weighted by Crippen LogP contribution is 2.50. The molecular weight excluding hydrogens is 428 g/mol. The number of likely N-dealkylation sites (tertiary alicyclic amines) is 1.